The van der Waals surface area contributed by atoms with Crippen molar-refractivity contribution in [1.82, 2.24) is 5.32 Å². The van der Waals surface area contributed by atoms with Gasteiger partial charge in [-0.2, -0.15) is 0 Å². The Hall–Kier alpha value is -2.29. The second-order valence-electron chi connectivity index (χ2n) is 5.40. The molecule has 2 aromatic carbocycles. The average molecular weight is 297 g/mol. The fraction of sp³-hybridized carbons (Fsp3) is 0.316. The lowest BCUT2D eigenvalue weighted by Gasteiger charge is -2.19. The van der Waals surface area contributed by atoms with Crippen LogP contribution >= 0.6 is 0 Å². The molecule has 0 saturated heterocycles. The Kier molecular flexibility index (Phi) is 5.59. The van der Waals surface area contributed by atoms with Gasteiger partial charge in [-0.3, -0.25) is 4.79 Å². The van der Waals surface area contributed by atoms with Crippen LogP contribution < -0.4 is 10.1 Å². The molecule has 2 rings (SSSR count). The summed E-state index contributed by atoms with van der Waals surface area (Å²) in [6.45, 7) is 5.84. The van der Waals surface area contributed by atoms with E-state index in [1.807, 2.05) is 61.5 Å². The van der Waals surface area contributed by atoms with Gasteiger partial charge in [0.25, 0.3) is 5.91 Å². The van der Waals surface area contributed by atoms with Crippen LogP contribution in [0.15, 0.2) is 54.6 Å². The zero-order chi connectivity index (χ0) is 15.9. The molecule has 0 spiro atoms. The Bertz CT molecular complexity index is 593. The molecule has 0 heterocycles. The normalized spacial score (nSPS) is 13.2. The van der Waals surface area contributed by atoms with Gasteiger partial charge in [0.05, 0.1) is 6.04 Å². The zero-order valence-electron chi connectivity index (χ0n) is 13.4. The smallest absolute Gasteiger partial charge is 0.261 e. The van der Waals surface area contributed by atoms with Crippen LogP contribution in [0, 0.1) is 0 Å². The summed E-state index contributed by atoms with van der Waals surface area (Å²) in [5.74, 6) is 0.600. The van der Waals surface area contributed by atoms with Crippen molar-refractivity contribution in [3.05, 3.63) is 65.7 Å². The van der Waals surface area contributed by atoms with E-state index in [0.717, 1.165) is 12.0 Å². The first-order chi connectivity index (χ1) is 10.6. The minimum Gasteiger partial charge on any atom is -0.481 e. The Morgan fingerprint density at radius 3 is 2.27 bits per heavy atom. The molecule has 3 nitrogen and oxygen atoms in total. The van der Waals surface area contributed by atoms with Crippen molar-refractivity contribution in [3.8, 4) is 5.75 Å². The van der Waals surface area contributed by atoms with Gasteiger partial charge < -0.3 is 10.1 Å². The molecular formula is C19H23NO2. The van der Waals surface area contributed by atoms with E-state index in [-0.39, 0.29) is 11.9 Å². The van der Waals surface area contributed by atoms with Crippen LogP contribution in [0.2, 0.25) is 0 Å². The topological polar surface area (TPSA) is 38.3 Å². The van der Waals surface area contributed by atoms with E-state index in [0.29, 0.717) is 5.75 Å². The lowest BCUT2D eigenvalue weighted by Crippen LogP contribution is -2.37. The highest BCUT2D eigenvalue weighted by molar-refractivity contribution is 5.81. The number of amides is 1. The number of hydrogen-bond donors (Lipinski definition) is 1. The molecule has 0 aliphatic rings. The van der Waals surface area contributed by atoms with Gasteiger partial charge in [-0.1, -0.05) is 49.4 Å². The van der Waals surface area contributed by atoms with Gasteiger partial charge in [0.2, 0.25) is 0 Å². The van der Waals surface area contributed by atoms with E-state index >= 15 is 0 Å². The quantitative estimate of drug-likeness (QED) is 0.878. The molecule has 0 saturated carbocycles. The molecule has 116 valence electrons. The Labute approximate surface area is 132 Å². The summed E-state index contributed by atoms with van der Waals surface area (Å²) < 4.78 is 5.70. The van der Waals surface area contributed by atoms with Crippen LogP contribution in [0.5, 0.6) is 5.75 Å². The van der Waals surface area contributed by atoms with E-state index < -0.39 is 6.10 Å². The second kappa shape index (κ2) is 7.64. The van der Waals surface area contributed by atoms with Gasteiger partial charge in [-0.05, 0) is 43.5 Å². The molecule has 0 fully saturated rings. The molecule has 2 atom stereocenters. The fourth-order valence-electron chi connectivity index (χ4n) is 2.22. The standard InChI is InChI=1S/C19H23NO2/c1-4-16-10-12-18(13-11-16)22-15(3)19(21)20-14(2)17-8-6-5-7-9-17/h5-15H,4H2,1-3H3,(H,20,21)/t14-,15+/m1/s1. The number of carbonyl (C=O) groups is 1. The molecule has 1 N–H and O–H groups in total. The predicted octanol–water partition coefficient (Wildman–Crippen LogP) is 3.89. The summed E-state index contributed by atoms with van der Waals surface area (Å²) in [5.41, 5.74) is 2.33. The number of aryl methyl sites for hydroxylation is 1. The third kappa shape index (κ3) is 4.35. The number of benzene rings is 2. The largest absolute Gasteiger partial charge is 0.481 e. The molecule has 22 heavy (non-hydrogen) atoms. The van der Waals surface area contributed by atoms with Crippen molar-refractivity contribution in [1.29, 1.82) is 0 Å². The van der Waals surface area contributed by atoms with Gasteiger partial charge >= 0.3 is 0 Å². The molecular weight excluding hydrogens is 274 g/mol. The second-order valence-corrected chi connectivity index (χ2v) is 5.40. The van der Waals surface area contributed by atoms with Crippen molar-refractivity contribution in [2.45, 2.75) is 39.3 Å². The first kappa shape index (κ1) is 16.1. The maximum absolute atomic E-state index is 12.2. The Morgan fingerprint density at radius 2 is 1.68 bits per heavy atom. The Balaban J connectivity index is 1.91. The summed E-state index contributed by atoms with van der Waals surface area (Å²) >= 11 is 0. The number of rotatable bonds is 6. The molecule has 2 aromatic rings. The van der Waals surface area contributed by atoms with Crippen molar-refractivity contribution < 1.29 is 9.53 Å². The van der Waals surface area contributed by atoms with Crippen LogP contribution in [-0.2, 0) is 11.2 Å². The number of ether oxygens (including phenoxy) is 1. The number of hydrogen-bond acceptors (Lipinski definition) is 2. The van der Waals surface area contributed by atoms with Crippen LogP contribution in [-0.4, -0.2) is 12.0 Å². The lowest BCUT2D eigenvalue weighted by atomic mass is 10.1. The first-order valence-electron chi connectivity index (χ1n) is 7.71. The maximum Gasteiger partial charge on any atom is 0.261 e. The van der Waals surface area contributed by atoms with Crippen molar-refractivity contribution in [2.24, 2.45) is 0 Å². The third-order valence-corrected chi connectivity index (χ3v) is 3.67. The number of nitrogens with one attached hydrogen (secondary N) is 1. The van der Waals surface area contributed by atoms with Crippen molar-refractivity contribution in [2.75, 3.05) is 0 Å². The van der Waals surface area contributed by atoms with E-state index in [1.165, 1.54) is 5.56 Å². The van der Waals surface area contributed by atoms with Gasteiger partial charge in [0, 0.05) is 0 Å². The number of carbonyl (C=O) groups excluding carboxylic acids is 1. The van der Waals surface area contributed by atoms with Gasteiger partial charge in [-0.25, -0.2) is 0 Å². The van der Waals surface area contributed by atoms with Crippen molar-refractivity contribution in [3.63, 3.8) is 0 Å². The molecule has 0 radical (unpaired) electrons. The van der Waals surface area contributed by atoms with E-state index in [2.05, 4.69) is 12.2 Å². The fourth-order valence-corrected chi connectivity index (χ4v) is 2.22. The van der Waals surface area contributed by atoms with E-state index in [1.54, 1.807) is 6.92 Å². The molecule has 0 bridgehead atoms. The third-order valence-electron chi connectivity index (χ3n) is 3.67. The molecule has 0 aliphatic heterocycles. The maximum atomic E-state index is 12.2. The SMILES string of the molecule is CCc1ccc(O[C@@H](C)C(=O)N[C@H](C)c2ccccc2)cc1. The minimum absolute atomic E-state index is 0.0396. The van der Waals surface area contributed by atoms with E-state index in [4.69, 9.17) is 4.74 Å². The molecule has 0 aromatic heterocycles. The van der Waals surface area contributed by atoms with Crippen LogP contribution in [0.3, 0.4) is 0 Å². The zero-order valence-corrected chi connectivity index (χ0v) is 13.4. The van der Waals surface area contributed by atoms with E-state index in [9.17, 15) is 4.79 Å². The van der Waals surface area contributed by atoms with Crippen LogP contribution in [0.4, 0.5) is 0 Å². The molecule has 3 heteroatoms. The highest BCUT2D eigenvalue weighted by Crippen LogP contribution is 2.15. The summed E-state index contributed by atoms with van der Waals surface area (Å²) in [5, 5.41) is 2.97. The summed E-state index contributed by atoms with van der Waals surface area (Å²) in [6.07, 6.45) is 0.462. The molecule has 0 aliphatic carbocycles. The van der Waals surface area contributed by atoms with Gasteiger partial charge in [-0.15, -0.1) is 0 Å². The summed E-state index contributed by atoms with van der Waals surface area (Å²) in [7, 11) is 0. The summed E-state index contributed by atoms with van der Waals surface area (Å²) in [6, 6.07) is 17.7. The highest BCUT2D eigenvalue weighted by Gasteiger charge is 2.17. The van der Waals surface area contributed by atoms with Gasteiger partial charge in [0.1, 0.15) is 5.75 Å². The first-order valence-corrected chi connectivity index (χ1v) is 7.71. The van der Waals surface area contributed by atoms with Crippen LogP contribution in [0.1, 0.15) is 37.9 Å². The van der Waals surface area contributed by atoms with Crippen LogP contribution in [0.25, 0.3) is 0 Å². The monoisotopic (exact) mass is 297 g/mol. The Morgan fingerprint density at radius 1 is 1.05 bits per heavy atom. The minimum atomic E-state index is -0.529. The molecule has 0 unspecified atom stereocenters. The lowest BCUT2D eigenvalue weighted by molar-refractivity contribution is -0.127. The molecule has 1 amide bonds. The van der Waals surface area contributed by atoms with Crippen molar-refractivity contribution >= 4 is 5.91 Å². The van der Waals surface area contributed by atoms with Gasteiger partial charge in [0.15, 0.2) is 6.10 Å². The highest BCUT2D eigenvalue weighted by atomic mass is 16.5. The summed E-state index contributed by atoms with van der Waals surface area (Å²) in [4.78, 5) is 12.2. The average Bonchev–Trinajstić information content (AvgIpc) is 2.56. The predicted molar refractivity (Wildman–Crippen MR) is 88.9 cm³/mol.